The highest BCUT2D eigenvalue weighted by Crippen LogP contribution is 2.26. The molecular formula is C13H14Cl2O3. The van der Waals surface area contributed by atoms with Gasteiger partial charge in [0.2, 0.25) is 0 Å². The van der Waals surface area contributed by atoms with Crippen LogP contribution in [0.25, 0.3) is 0 Å². The molecule has 1 rings (SSSR count). The van der Waals surface area contributed by atoms with Crippen LogP contribution in [0.2, 0.25) is 10.0 Å². The topological polar surface area (TPSA) is 43.4 Å². The highest BCUT2D eigenvalue weighted by atomic mass is 35.5. The minimum absolute atomic E-state index is 0.0628. The standard InChI is InChI=1S/C13H14Cl2O3/c1-2-18-12(17)7-6-10(16)8-9-4-3-5-11(14)13(9)15/h3-5H,2,6-8H2,1H3. The van der Waals surface area contributed by atoms with Gasteiger partial charge in [0.25, 0.3) is 0 Å². The maximum atomic E-state index is 11.7. The Morgan fingerprint density at radius 2 is 1.94 bits per heavy atom. The summed E-state index contributed by atoms with van der Waals surface area (Å²) in [5.41, 5.74) is 0.679. The molecule has 1 aromatic carbocycles. The molecule has 98 valence electrons. The maximum absolute atomic E-state index is 11.7. The van der Waals surface area contributed by atoms with Gasteiger partial charge in [0.05, 0.1) is 23.1 Å². The molecule has 0 spiro atoms. The zero-order valence-corrected chi connectivity index (χ0v) is 11.6. The predicted octanol–water partition coefficient (Wildman–Crippen LogP) is 3.45. The van der Waals surface area contributed by atoms with Crippen LogP contribution < -0.4 is 0 Å². The van der Waals surface area contributed by atoms with Crippen LogP contribution in [0.5, 0.6) is 0 Å². The molecule has 0 heterocycles. The normalized spacial score (nSPS) is 10.2. The smallest absolute Gasteiger partial charge is 0.306 e. The molecule has 0 saturated carbocycles. The predicted molar refractivity (Wildman–Crippen MR) is 71.0 cm³/mol. The number of esters is 1. The Bertz CT molecular complexity index is 444. The second-order valence-corrected chi connectivity index (χ2v) is 4.52. The van der Waals surface area contributed by atoms with Gasteiger partial charge in [-0.05, 0) is 18.6 Å². The zero-order chi connectivity index (χ0) is 13.5. The van der Waals surface area contributed by atoms with E-state index in [1.165, 1.54) is 0 Å². The summed E-state index contributed by atoms with van der Waals surface area (Å²) in [5.74, 6) is -0.421. The zero-order valence-electron chi connectivity index (χ0n) is 10.0. The number of halogens is 2. The lowest BCUT2D eigenvalue weighted by atomic mass is 10.1. The van der Waals surface area contributed by atoms with Crippen molar-refractivity contribution >= 4 is 35.0 Å². The molecule has 0 fully saturated rings. The van der Waals surface area contributed by atoms with Gasteiger partial charge in [-0.2, -0.15) is 0 Å². The number of rotatable bonds is 6. The van der Waals surface area contributed by atoms with E-state index in [0.29, 0.717) is 22.2 Å². The van der Waals surface area contributed by atoms with Crippen molar-refractivity contribution in [3.8, 4) is 0 Å². The van der Waals surface area contributed by atoms with E-state index in [1.54, 1.807) is 25.1 Å². The van der Waals surface area contributed by atoms with Gasteiger partial charge in [0, 0.05) is 12.8 Å². The Balaban J connectivity index is 2.50. The summed E-state index contributed by atoms with van der Waals surface area (Å²) in [7, 11) is 0. The number of carbonyl (C=O) groups is 2. The molecule has 0 aromatic heterocycles. The maximum Gasteiger partial charge on any atom is 0.306 e. The van der Waals surface area contributed by atoms with Crippen LogP contribution in [-0.2, 0) is 20.7 Å². The van der Waals surface area contributed by atoms with Gasteiger partial charge in [-0.3, -0.25) is 9.59 Å². The first-order valence-electron chi connectivity index (χ1n) is 5.64. The third kappa shape index (κ3) is 4.67. The van der Waals surface area contributed by atoms with Crippen molar-refractivity contribution in [1.29, 1.82) is 0 Å². The highest BCUT2D eigenvalue weighted by molar-refractivity contribution is 6.42. The van der Waals surface area contributed by atoms with Crippen molar-refractivity contribution in [1.82, 2.24) is 0 Å². The summed E-state index contributed by atoms with van der Waals surface area (Å²) in [6, 6.07) is 5.15. The number of ether oxygens (including phenoxy) is 1. The monoisotopic (exact) mass is 288 g/mol. The van der Waals surface area contributed by atoms with E-state index in [4.69, 9.17) is 27.9 Å². The first kappa shape index (κ1) is 15.0. The molecule has 0 amide bonds. The number of benzene rings is 1. The lowest BCUT2D eigenvalue weighted by Crippen LogP contribution is -2.09. The van der Waals surface area contributed by atoms with Crippen LogP contribution in [0.15, 0.2) is 18.2 Å². The molecule has 1 aromatic rings. The summed E-state index contributed by atoms with van der Waals surface area (Å²) in [5, 5.41) is 0.816. The van der Waals surface area contributed by atoms with E-state index in [2.05, 4.69) is 0 Å². The van der Waals surface area contributed by atoms with Gasteiger partial charge in [-0.1, -0.05) is 35.3 Å². The second kappa shape index (κ2) is 7.39. The van der Waals surface area contributed by atoms with Crippen LogP contribution in [0.3, 0.4) is 0 Å². The van der Waals surface area contributed by atoms with Gasteiger partial charge in [0.15, 0.2) is 0 Å². The average Bonchev–Trinajstić information content (AvgIpc) is 2.33. The summed E-state index contributed by atoms with van der Waals surface area (Å²) in [6.45, 7) is 2.05. The third-order valence-corrected chi connectivity index (χ3v) is 3.19. The fraction of sp³-hybridized carbons (Fsp3) is 0.385. The van der Waals surface area contributed by atoms with Gasteiger partial charge in [-0.15, -0.1) is 0 Å². The number of hydrogen-bond donors (Lipinski definition) is 0. The van der Waals surface area contributed by atoms with E-state index >= 15 is 0 Å². The number of ketones is 1. The van der Waals surface area contributed by atoms with Gasteiger partial charge < -0.3 is 4.74 Å². The minimum atomic E-state index is -0.358. The van der Waals surface area contributed by atoms with Gasteiger partial charge >= 0.3 is 5.97 Å². The summed E-state index contributed by atoms with van der Waals surface area (Å²) in [6.07, 6.45) is 0.436. The van der Waals surface area contributed by atoms with E-state index in [-0.39, 0.29) is 31.0 Å². The summed E-state index contributed by atoms with van der Waals surface area (Å²) in [4.78, 5) is 22.8. The molecule has 5 heteroatoms. The molecular weight excluding hydrogens is 275 g/mol. The van der Waals surface area contributed by atoms with Crippen molar-refractivity contribution in [2.45, 2.75) is 26.2 Å². The molecule has 3 nitrogen and oxygen atoms in total. The lowest BCUT2D eigenvalue weighted by Gasteiger charge is -2.05. The average molecular weight is 289 g/mol. The van der Waals surface area contributed by atoms with Gasteiger partial charge in [0.1, 0.15) is 5.78 Å². The second-order valence-electron chi connectivity index (χ2n) is 3.73. The number of carbonyl (C=O) groups excluding carboxylic acids is 2. The first-order valence-corrected chi connectivity index (χ1v) is 6.40. The third-order valence-electron chi connectivity index (χ3n) is 2.33. The van der Waals surface area contributed by atoms with Gasteiger partial charge in [-0.25, -0.2) is 0 Å². The van der Waals surface area contributed by atoms with E-state index in [9.17, 15) is 9.59 Å². The van der Waals surface area contributed by atoms with Crippen LogP contribution in [0, 0.1) is 0 Å². The molecule has 0 bridgehead atoms. The molecule has 0 unspecified atom stereocenters. The van der Waals surface area contributed by atoms with Crippen molar-refractivity contribution in [3.63, 3.8) is 0 Å². The Hall–Kier alpha value is -1.06. The Kier molecular flexibility index (Phi) is 6.16. The van der Waals surface area contributed by atoms with Crippen molar-refractivity contribution < 1.29 is 14.3 Å². The highest BCUT2D eigenvalue weighted by Gasteiger charge is 2.11. The van der Waals surface area contributed by atoms with E-state index in [0.717, 1.165) is 0 Å². The Labute approximate surface area is 116 Å². The van der Waals surface area contributed by atoms with Crippen LogP contribution in [0.1, 0.15) is 25.3 Å². The molecule has 0 aliphatic heterocycles. The SMILES string of the molecule is CCOC(=O)CCC(=O)Cc1cccc(Cl)c1Cl. The molecule has 0 N–H and O–H groups in total. The molecule has 0 atom stereocenters. The Morgan fingerprint density at radius 1 is 1.22 bits per heavy atom. The van der Waals surface area contributed by atoms with Crippen molar-refractivity contribution in [2.75, 3.05) is 6.61 Å². The first-order chi connectivity index (χ1) is 8.54. The fourth-order valence-corrected chi connectivity index (χ4v) is 1.85. The van der Waals surface area contributed by atoms with Crippen LogP contribution in [-0.4, -0.2) is 18.4 Å². The minimum Gasteiger partial charge on any atom is -0.466 e. The Morgan fingerprint density at radius 3 is 2.61 bits per heavy atom. The molecule has 0 aliphatic carbocycles. The quantitative estimate of drug-likeness (QED) is 0.753. The fourth-order valence-electron chi connectivity index (χ4n) is 1.46. The van der Waals surface area contributed by atoms with Crippen LogP contribution >= 0.6 is 23.2 Å². The van der Waals surface area contributed by atoms with E-state index < -0.39 is 0 Å². The largest absolute Gasteiger partial charge is 0.466 e. The summed E-state index contributed by atoms with van der Waals surface area (Å²) >= 11 is 11.8. The van der Waals surface area contributed by atoms with E-state index in [1.807, 2.05) is 0 Å². The van der Waals surface area contributed by atoms with Crippen molar-refractivity contribution in [2.24, 2.45) is 0 Å². The van der Waals surface area contributed by atoms with Crippen molar-refractivity contribution in [3.05, 3.63) is 33.8 Å². The summed E-state index contributed by atoms with van der Waals surface area (Å²) < 4.78 is 4.75. The molecule has 0 saturated heterocycles. The molecule has 18 heavy (non-hydrogen) atoms. The molecule has 0 aliphatic rings. The molecule has 0 radical (unpaired) electrons. The number of Topliss-reactive ketones (excluding diaryl/α,β-unsaturated/α-hetero) is 1. The lowest BCUT2D eigenvalue weighted by molar-refractivity contribution is -0.144. The number of hydrogen-bond acceptors (Lipinski definition) is 3. The van der Waals surface area contributed by atoms with Crippen LogP contribution in [0.4, 0.5) is 0 Å².